The lowest BCUT2D eigenvalue weighted by atomic mass is 10.3. The molecule has 0 unspecified atom stereocenters. The lowest BCUT2D eigenvalue weighted by Crippen LogP contribution is -2.27. The molecule has 0 saturated heterocycles. The highest BCUT2D eigenvalue weighted by molar-refractivity contribution is 5.92. The van der Waals surface area contributed by atoms with Gasteiger partial charge in [0.25, 0.3) is 5.91 Å². The number of aromatic nitrogens is 2. The van der Waals surface area contributed by atoms with Crippen LogP contribution in [0.4, 0.5) is 5.82 Å². The number of carbonyl (C=O) groups is 1. The topological polar surface area (TPSA) is 58.1 Å². The highest BCUT2D eigenvalue weighted by Gasteiger charge is 2.14. The van der Waals surface area contributed by atoms with Crippen LogP contribution in [-0.4, -0.2) is 34.4 Å². The first-order chi connectivity index (χ1) is 10.2. The fraction of sp³-hybridized carbons (Fsp3) is 0.312. The zero-order valence-corrected chi connectivity index (χ0v) is 12.4. The third kappa shape index (κ3) is 4.27. The second kappa shape index (κ2) is 7.38. The van der Waals surface area contributed by atoms with Crippen LogP contribution in [0.5, 0.6) is 0 Å². The smallest absolute Gasteiger partial charge is 0.272 e. The molecule has 2 aromatic rings. The molecule has 5 nitrogen and oxygen atoms in total. The van der Waals surface area contributed by atoms with Crippen molar-refractivity contribution in [1.29, 1.82) is 0 Å². The van der Waals surface area contributed by atoms with Crippen LogP contribution < -0.4 is 5.32 Å². The number of nitrogens with one attached hydrogen (secondary N) is 1. The molecule has 21 heavy (non-hydrogen) atoms. The van der Waals surface area contributed by atoms with E-state index in [9.17, 15) is 4.79 Å². The Morgan fingerprint density at radius 2 is 2.10 bits per heavy atom. The molecule has 2 rings (SSSR count). The maximum atomic E-state index is 12.4. The summed E-state index contributed by atoms with van der Waals surface area (Å²) in [6.07, 6.45) is 2.74. The first kappa shape index (κ1) is 15.0. The van der Waals surface area contributed by atoms with E-state index in [0.29, 0.717) is 12.2 Å². The van der Waals surface area contributed by atoms with Crippen LogP contribution in [0.25, 0.3) is 0 Å². The molecule has 0 radical (unpaired) electrons. The van der Waals surface area contributed by atoms with Crippen LogP contribution in [0, 0.1) is 0 Å². The Hall–Kier alpha value is -2.43. The summed E-state index contributed by atoms with van der Waals surface area (Å²) in [6.45, 7) is 3.39. The third-order valence-electron chi connectivity index (χ3n) is 3.00. The van der Waals surface area contributed by atoms with Gasteiger partial charge in [-0.05, 0) is 30.7 Å². The predicted molar refractivity (Wildman–Crippen MR) is 83.1 cm³/mol. The molecule has 1 amide bonds. The monoisotopic (exact) mass is 284 g/mol. The number of hydrogen-bond donors (Lipinski definition) is 1. The molecular formula is C16H20N4O. The third-order valence-corrected chi connectivity index (χ3v) is 3.00. The van der Waals surface area contributed by atoms with E-state index in [2.05, 4.69) is 22.2 Å². The lowest BCUT2D eigenvalue weighted by Gasteiger charge is -2.16. The summed E-state index contributed by atoms with van der Waals surface area (Å²) in [7, 11) is 1.75. The molecule has 0 aliphatic rings. The fourth-order valence-electron chi connectivity index (χ4n) is 1.91. The highest BCUT2D eigenvalue weighted by atomic mass is 16.2. The van der Waals surface area contributed by atoms with Crippen LogP contribution in [0.15, 0.2) is 42.6 Å². The second-order valence-corrected chi connectivity index (χ2v) is 4.82. The Balaban J connectivity index is 2.05. The number of anilines is 1. The van der Waals surface area contributed by atoms with Crippen molar-refractivity contribution in [1.82, 2.24) is 14.9 Å². The summed E-state index contributed by atoms with van der Waals surface area (Å²) in [4.78, 5) is 22.6. The summed E-state index contributed by atoms with van der Waals surface area (Å²) in [5, 5.41) is 3.18. The zero-order valence-electron chi connectivity index (χ0n) is 12.4. The number of amides is 1. The van der Waals surface area contributed by atoms with E-state index in [1.165, 1.54) is 0 Å². The number of nitrogens with zero attached hydrogens (tertiary/aromatic N) is 3. The highest BCUT2D eigenvalue weighted by Crippen LogP contribution is 2.09. The normalized spacial score (nSPS) is 10.2. The van der Waals surface area contributed by atoms with E-state index in [1.54, 1.807) is 24.2 Å². The summed E-state index contributed by atoms with van der Waals surface area (Å²) in [5.74, 6) is 0.620. The van der Waals surface area contributed by atoms with Crippen molar-refractivity contribution >= 4 is 11.7 Å². The zero-order chi connectivity index (χ0) is 15.1. The second-order valence-electron chi connectivity index (χ2n) is 4.82. The van der Waals surface area contributed by atoms with Crippen molar-refractivity contribution in [3.63, 3.8) is 0 Å². The van der Waals surface area contributed by atoms with Crippen molar-refractivity contribution < 1.29 is 4.79 Å². The van der Waals surface area contributed by atoms with E-state index < -0.39 is 0 Å². The Morgan fingerprint density at radius 1 is 1.24 bits per heavy atom. The van der Waals surface area contributed by atoms with E-state index in [4.69, 9.17) is 0 Å². The molecule has 0 aromatic carbocycles. The van der Waals surface area contributed by atoms with Crippen molar-refractivity contribution in [2.75, 3.05) is 18.9 Å². The summed E-state index contributed by atoms with van der Waals surface area (Å²) < 4.78 is 0. The van der Waals surface area contributed by atoms with Crippen LogP contribution in [0.2, 0.25) is 0 Å². The molecule has 0 fully saturated rings. The average molecular weight is 284 g/mol. The van der Waals surface area contributed by atoms with Gasteiger partial charge in [-0.2, -0.15) is 0 Å². The minimum absolute atomic E-state index is 0.110. The predicted octanol–water partition coefficient (Wildman–Crippen LogP) is 2.57. The van der Waals surface area contributed by atoms with E-state index in [0.717, 1.165) is 24.5 Å². The number of pyridine rings is 2. The largest absolute Gasteiger partial charge is 0.370 e. The number of hydrogen-bond acceptors (Lipinski definition) is 4. The molecule has 0 saturated carbocycles. The van der Waals surface area contributed by atoms with Gasteiger partial charge in [-0.25, -0.2) is 4.98 Å². The summed E-state index contributed by atoms with van der Waals surface area (Å²) in [5.41, 5.74) is 1.29. The van der Waals surface area contributed by atoms with Gasteiger partial charge >= 0.3 is 0 Å². The molecule has 2 heterocycles. The van der Waals surface area contributed by atoms with Gasteiger partial charge in [0.15, 0.2) is 0 Å². The Kier molecular flexibility index (Phi) is 5.26. The van der Waals surface area contributed by atoms with Gasteiger partial charge in [0.2, 0.25) is 0 Å². The van der Waals surface area contributed by atoms with Gasteiger partial charge in [0.05, 0.1) is 12.2 Å². The van der Waals surface area contributed by atoms with Crippen LogP contribution in [-0.2, 0) is 6.54 Å². The number of rotatable bonds is 6. The average Bonchev–Trinajstić information content (AvgIpc) is 2.53. The standard InChI is InChI=1S/C16H20N4O/c1-3-10-18-15-9-6-8-14(19-15)16(21)20(2)12-13-7-4-5-11-17-13/h4-9,11H,3,10,12H2,1-2H3,(H,18,19). The van der Waals surface area contributed by atoms with Crippen molar-refractivity contribution in [2.45, 2.75) is 19.9 Å². The Morgan fingerprint density at radius 3 is 2.81 bits per heavy atom. The lowest BCUT2D eigenvalue weighted by molar-refractivity contribution is 0.0778. The van der Waals surface area contributed by atoms with Gasteiger partial charge in [-0.1, -0.05) is 19.1 Å². The van der Waals surface area contributed by atoms with Crippen molar-refractivity contribution in [3.8, 4) is 0 Å². The van der Waals surface area contributed by atoms with Crippen molar-refractivity contribution in [3.05, 3.63) is 54.0 Å². The molecule has 0 aliphatic carbocycles. The van der Waals surface area contributed by atoms with E-state index in [-0.39, 0.29) is 5.91 Å². The van der Waals surface area contributed by atoms with Gasteiger partial charge in [-0.3, -0.25) is 9.78 Å². The van der Waals surface area contributed by atoms with Crippen LogP contribution >= 0.6 is 0 Å². The molecule has 1 N–H and O–H groups in total. The quantitative estimate of drug-likeness (QED) is 0.885. The molecule has 110 valence electrons. The fourth-order valence-corrected chi connectivity index (χ4v) is 1.91. The molecule has 0 spiro atoms. The van der Waals surface area contributed by atoms with Crippen LogP contribution in [0.3, 0.4) is 0 Å². The number of carbonyl (C=O) groups excluding carboxylic acids is 1. The molecule has 2 aromatic heterocycles. The van der Waals surface area contributed by atoms with Gasteiger partial charge < -0.3 is 10.2 Å². The summed E-state index contributed by atoms with van der Waals surface area (Å²) in [6, 6.07) is 11.1. The van der Waals surface area contributed by atoms with Gasteiger partial charge in [-0.15, -0.1) is 0 Å². The first-order valence-corrected chi connectivity index (χ1v) is 7.07. The molecule has 0 aliphatic heterocycles. The molecule has 0 bridgehead atoms. The Labute approximate surface area is 125 Å². The van der Waals surface area contributed by atoms with Crippen molar-refractivity contribution in [2.24, 2.45) is 0 Å². The molecule has 0 atom stereocenters. The van der Waals surface area contributed by atoms with E-state index in [1.807, 2.05) is 30.3 Å². The maximum absolute atomic E-state index is 12.4. The van der Waals surface area contributed by atoms with Crippen LogP contribution in [0.1, 0.15) is 29.5 Å². The minimum atomic E-state index is -0.110. The van der Waals surface area contributed by atoms with Gasteiger partial charge in [0.1, 0.15) is 11.5 Å². The van der Waals surface area contributed by atoms with E-state index >= 15 is 0 Å². The molecule has 5 heteroatoms. The van der Waals surface area contributed by atoms with Gasteiger partial charge in [0, 0.05) is 19.8 Å². The summed E-state index contributed by atoms with van der Waals surface area (Å²) >= 11 is 0. The SMILES string of the molecule is CCCNc1cccc(C(=O)N(C)Cc2ccccn2)n1. The first-order valence-electron chi connectivity index (χ1n) is 7.07. The molecular weight excluding hydrogens is 264 g/mol. The minimum Gasteiger partial charge on any atom is -0.370 e. The maximum Gasteiger partial charge on any atom is 0.272 e. The Bertz CT molecular complexity index is 586.